The van der Waals surface area contributed by atoms with Crippen LogP contribution in [-0.2, 0) is 0 Å². The molecule has 2 heterocycles. The molecule has 2 aromatic rings. The second kappa shape index (κ2) is 6.73. The van der Waals surface area contributed by atoms with Gasteiger partial charge in [-0.15, -0.1) is 0 Å². The van der Waals surface area contributed by atoms with Crippen molar-refractivity contribution in [3.63, 3.8) is 0 Å². The molecular formula is C16H17Cl2N3O. The number of piperazine rings is 1. The Morgan fingerprint density at radius 3 is 2.64 bits per heavy atom. The van der Waals surface area contributed by atoms with Crippen molar-refractivity contribution in [2.75, 3.05) is 33.2 Å². The number of rotatable bonds is 3. The highest BCUT2D eigenvalue weighted by atomic mass is 35.5. The lowest BCUT2D eigenvalue weighted by molar-refractivity contribution is 0.159. The predicted octanol–water partition coefficient (Wildman–Crippen LogP) is 3.83. The van der Waals surface area contributed by atoms with E-state index in [-0.39, 0.29) is 0 Å². The summed E-state index contributed by atoms with van der Waals surface area (Å²) in [6, 6.07) is 9.25. The quantitative estimate of drug-likeness (QED) is 0.797. The van der Waals surface area contributed by atoms with Gasteiger partial charge in [-0.2, -0.15) is 5.10 Å². The summed E-state index contributed by atoms with van der Waals surface area (Å²) < 4.78 is 5.79. The third kappa shape index (κ3) is 3.46. The molecule has 0 unspecified atom stereocenters. The molecule has 22 heavy (non-hydrogen) atoms. The number of hydrogen-bond donors (Lipinski definition) is 0. The molecule has 0 atom stereocenters. The normalized spacial score (nSPS) is 16.6. The monoisotopic (exact) mass is 337 g/mol. The van der Waals surface area contributed by atoms with Crippen LogP contribution < -0.4 is 0 Å². The number of hydrogen-bond acceptors (Lipinski definition) is 4. The van der Waals surface area contributed by atoms with Crippen LogP contribution in [-0.4, -0.2) is 49.4 Å². The topological polar surface area (TPSA) is 32.0 Å². The standard InChI is InChI=1S/C16H17Cl2N3O/c1-20-7-9-21(10-8-20)19-11-12-5-6-15(22-12)13-3-2-4-14(17)16(13)18/h2-6,11H,7-10H2,1H3/b19-11-. The molecule has 1 aliphatic heterocycles. The van der Waals surface area contributed by atoms with Crippen LogP contribution in [0.2, 0.25) is 10.0 Å². The summed E-state index contributed by atoms with van der Waals surface area (Å²) in [5.41, 5.74) is 0.786. The van der Waals surface area contributed by atoms with Gasteiger partial charge in [0.2, 0.25) is 0 Å². The Bertz CT molecular complexity index is 676. The minimum Gasteiger partial charge on any atom is -0.455 e. The Labute approximate surface area is 139 Å². The molecule has 0 amide bonds. The molecule has 1 aromatic heterocycles. The molecule has 0 radical (unpaired) electrons. The largest absolute Gasteiger partial charge is 0.455 e. The van der Waals surface area contributed by atoms with Gasteiger partial charge >= 0.3 is 0 Å². The maximum absolute atomic E-state index is 6.21. The average Bonchev–Trinajstić information content (AvgIpc) is 2.98. The van der Waals surface area contributed by atoms with Gasteiger partial charge in [0, 0.05) is 31.7 Å². The highest BCUT2D eigenvalue weighted by Gasteiger charge is 2.12. The van der Waals surface area contributed by atoms with Crippen LogP contribution in [0.3, 0.4) is 0 Å². The number of benzene rings is 1. The van der Waals surface area contributed by atoms with Crippen molar-refractivity contribution in [1.29, 1.82) is 0 Å². The van der Waals surface area contributed by atoms with Crippen LogP contribution in [0.15, 0.2) is 39.9 Å². The van der Waals surface area contributed by atoms with Gasteiger partial charge in [-0.05, 0) is 31.3 Å². The number of likely N-dealkylation sites (N-methyl/N-ethyl adjacent to an activating group) is 1. The summed E-state index contributed by atoms with van der Waals surface area (Å²) in [5, 5.41) is 7.53. The highest BCUT2D eigenvalue weighted by molar-refractivity contribution is 6.43. The number of hydrazone groups is 1. The van der Waals surface area contributed by atoms with Gasteiger partial charge in [-0.25, -0.2) is 0 Å². The molecular weight excluding hydrogens is 321 g/mol. The van der Waals surface area contributed by atoms with E-state index in [2.05, 4.69) is 22.1 Å². The molecule has 1 aliphatic rings. The summed E-state index contributed by atoms with van der Waals surface area (Å²) in [6.45, 7) is 3.92. The fourth-order valence-electron chi connectivity index (χ4n) is 2.31. The predicted molar refractivity (Wildman–Crippen MR) is 90.8 cm³/mol. The van der Waals surface area contributed by atoms with Crippen LogP contribution in [0.4, 0.5) is 0 Å². The number of nitrogens with zero attached hydrogens (tertiary/aromatic N) is 3. The van der Waals surface area contributed by atoms with Gasteiger partial charge in [-0.1, -0.05) is 29.3 Å². The van der Waals surface area contributed by atoms with Gasteiger partial charge in [0.05, 0.1) is 16.3 Å². The molecule has 0 aliphatic carbocycles. The van der Waals surface area contributed by atoms with Crippen LogP contribution in [0, 0.1) is 0 Å². The Morgan fingerprint density at radius 1 is 1.09 bits per heavy atom. The van der Waals surface area contributed by atoms with E-state index >= 15 is 0 Å². The third-order valence-electron chi connectivity index (χ3n) is 3.67. The summed E-state index contributed by atoms with van der Waals surface area (Å²) in [7, 11) is 2.12. The SMILES string of the molecule is CN1CCN(/N=C\c2ccc(-c3cccc(Cl)c3Cl)o2)CC1. The Kier molecular flexibility index (Phi) is 4.71. The summed E-state index contributed by atoms with van der Waals surface area (Å²) in [4.78, 5) is 2.29. The highest BCUT2D eigenvalue weighted by Crippen LogP contribution is 2.34. The van der Waals surface area contributed by atoms with Crippen LogP contribution in [0.5, 0.6) is 0 Å². The van der Waals surface area contributed by atoms with Gasteiger partial charge in [0.25, 0.3) is 0 Å². The summed E-state index contributed by atoms with van der Waals surface area (Å²) in [5.74, 6) is 1.39. The van der Waals surface area contributed by atoms with Crippen molar-refractivity contribution in [3.05, 3.63) is 46.1 Å². The first kappa shape index (κ1) is 15.4. The molecule has 1 aromatic carbocycles. The van der Waals surface area contributed by atoms with E-state index in [4.69, 9.17) is 27.6 Å². The third-order valence-corrected chi connectivity index (χ3v) is 4.49. The molecule has 0 spiro atoms. The maximum atomic E-state index is 6.21. The molecule has 4 nitrogen and oxygen atoms in total. The molecule has 116 valence electrons. The lowest BCUT2D eigenvalue weighted by Gasteiger charge is -2.30. The minimum absolute atomic E-state index is 0.501. The van der Waals surface area contributed by atoms with Gasteiger partial charge in [-0.3, -0.25) is 5.01 Å². The maximum Gasteiger partial charge on any atom is 0.147 e. The molecule has 0 bridgehead atoms. The van der Waals surface area contributed by atoms with Crippen LogP contribution >= 0.6 is 23.2 Å². The molecule has 0 N–H and O–H groups in total. The Hall–Kier alpha value is -1.49. The lowest BCUT2D eigenvalue weighted by atomic mass is 10.2. The smallest absolute Gasteiger partial charge is 0.147 e. The first-order valence-electron chi connectivity index (χ1n) is 7.15. The Morgan fingerprint density at radius 2 is 1.86 bits per heavy atom. The zero-order valence-corrected chi connectivity index (χ0v) is 13.8. The van der Waals surface area contributed by atoms with E-state index in [1.165, 1.54) is 0 Å². The van der Waals surface area contributed by atoms with E-state index in [1.54, 1.807) is 12.3 Å². The lowest BCUT2D eigenvalue weighted by Crippen LogP contribution is -2.41. The van der Waals surface area contributed by atoms with Crippen molar-refractivity contribution >= 4 is 29.4 Å². The van der Waals surface area contributed by atoms with E-state index in [9.17, 15) is 0 Å². The average molecular weight is 338 g/mol. The minimum atomic E-state index is 0.501. The van der Waals surface area contributed by atoms with Crippen molar-refractivity contribution in [2.45, 2.75) is 0 Å². The van der Waals surface area contributed by atoms with Gasteiger partial charge < -0.3 is 9.32 Å². The first-order valence-corrected chi connectivity index (χ1v) is 7.91. The second-order valence-electron chi connectivity index (χ2n) is 5.30. The Balaban J connectivity index is 1.72. The summed E-state index contributed by atoms with van der Waals surface area (Å²) in [6.07, 6.45) is 1.74. The van der Waals surface area contributed by atoms with Crippen LogP contribution in [0.25, 0.3) is 11.3 Å². The molecule has 3 rings (SSSR count). The van der Waals surface area contributed by atoms with E-state index < -0.39 is 0 Å². The zero-order valence-electron chi connectivity index (χ0n) is 12.3. The fraction of sp³-hybridized carbons (Fsp3) is 0.312. The summed E-state index contributed by atoms with van der Waals surface area (Å²) >= 11 is 12.2. The fourth-order valence-corrected chi connectivity index (χ4v) is 2.70. The molecule has 0 saturated carbocycles. The van der Waals surface area contributed by atoms with Gasteiger partial charge in [0.1, 0.15) is 11.5 Å². The van der Waals surface area contributed by atoms with Crippen LogP contribution in [0.1, 0.15) is 5.76 Å². The molecule has 1 fully saturated rings. The van der Waals surface area contributed by atoms with E-state index in [0.29, 0.717) is 21.6 Å². The molecule has 1 saturated heterocycles. The van der Waals surface area contributed by atoms with E-state index in [0.717, 1.165) is 31.7 Å². The first-order chi connectivity index (χ1) is 10.6. The number of furan rings is 1. The molecule has 6 heteroatoms. The van der Waals surface area contributed by atoms with Crippen molar-refractivity contribution < 1.29 is 4.42 Å². The number of halogens is 2. The van der Waals surface area contributed by atoms with Crippen molar-refractivity contribution in [3.8, 4) is 11.3 Å². The second-order valence-corrected chi connectivity index (χ2v) is 6.09. The zero-order chi connectivity index (χ0) is 15.5. The van der Waals surface area contributed by atoms with Crippen molar-refractivity contribution in [2.24, 2.45) is 5.10 Å². The van der Waals surface area contributed by atoms with E-state index in [1.807, 2.05) is 24.3 Å². The van der Waals surface area contributed by atoms with Crippen molar-refractivity contribution in [1.82, 2.24) is 9.91 Å². The van der Waals surface area contributed by atoms with Gasteiger partial charge in [0.15, 0.2) is 0 Å².